The Morgan fingerprint density at radius 1 is 0.406 bits per heavy atom. The summed E-state index contributed by atoms with van der Waals surface area (Å²) in [5.74, 6) is 0. The van der Waals surface area contributed by atoms with Crippen LogP contribution in [-0.2, 0) is 53.5 Å². The van der Waals surface area contributed by atoms with Crippen LogP contribution in [0.1, 0.15) is 67.7 Å². The molecule has 26 heteroatoms. The zero-order chi connectivity index (χ0) is 68.8. The zero-order valence-corrected chi connectivity index (χ0v) is 70.7. The van der Waals surface area contributed by atoms with Crippen molar-refractivity contribution in [3.63, 3.8) is 0 Å². The van der Waals surface area contributed by atoms with Crippen LogP contribution in [0.5, 0.6) is 0 Å². The van der Waals surface area contributed by atoms with E-state index in [1.54, 1.807) is 0 Å². The van der Waals surface area contributed by atoms with Crippen LogP contribution in [0.2, 0.25) is 74.0 Å². The molecule has 8 aromatic rings. The second-order valence-corrected chi connectivity index (χ2v) is 70.2. The van der Waals surface area contributed by atoms with Crippen molar-refractivity contribution in [3.05, 3.63) is 243 Å². The Hall–Kier alpha value is -4.20. The van der Waals surface area contributed by atoms with Crippen LogP contribution in [0.15, 0.2) is 243 Å². The quantitative estimate of drug-likeness (QED) is 0.0815. The maximum Gasteiger partial charge on any atom is 0.520 e. The number of fused-ring (bicyclic) bond motifs is 7. The fraction of sp³-hybridized carbons (Fsp3) is 0.314. The molecule has 13 rings (SSSR count). The lowest BCUT2D eigenvalue weighted by molar-refractivity contribution is 0.0686. The van der Waals surface area contributed by atoms with E-state index in [9.17, 15) is 0 Å². The first kappa shape index (κ1) is 73.0. The number of hydrogen-bond acceptors (Lipinski definition) is 14. The molecule has 0 saturated carbocycles. The van der Waals surface area contributed by atoms with Crippen LogP contribution in [0, 0.1) is 0 Å². The van der Waals surface area contributed by atoms with Gasteiger partial charge in [0.05, 0.1) is 0 Å². The molecule has 5 heterocycles. The minimum atomic E-state index is -5.48. The Labute approximate surface area is 584 Å². The molecule has 0 aliphatic carbocycles. The molecule has 4 bridgehead atoms. The molecule has 8 aromatic carbocycles. The van der Waals surface area contributed by atoms with E-state index in [2.05, 4.69) is 120 Å². The van der Waals surface area contributed by atoms with Crippen LogP contribution in [0.25, 0.3) is 0 Å². The Morgan fingerprint density at radius 2 is 0.719 bits per heavy atom. The molecule has 5 aliphatic rings. The van der Waals surface area contributed by atoms with Crippen molar-refractivity contribution >= 4 is 146 Å². The van der Waals surface area contributed by atoms with Crippen LogP contribution in [-0.4, -0.2) is 109 Å². The SMILES string of the molecule is CCCC(C)(C)[Si](C)(C)O[SiH](O[Si]1(c2ccccc2)O[Si]2(c3ccccc3)O[Si](O[Si](C)(C)C)(c3ccccc3)O[Si]3(c4ccccc4)O[Si](O)(c4ccccc4)O[Si](c4ccccc4)(O1)O[Si](C)(C)C(C)(C)C(C)(CC)[Si](C)(C)O[Si](c1ccccc1)(O3)O2)c1ccccc1. The molecule has 9 unspecified atom stereocenters. The normalized spacial score (nSPS) is 29.7. The van der Waals surface area contributed by atoms with Crippen molar-refractivity contribution in [2.24, 2.45) is 0 Å². The fourth-order valence-electron chi connectivity index (χ4n) is 13.4. The summed E-state index contributed by atoms with van der Waals surface area (Å²) in [5, 5.41) is 2.54. The summed E-state index contributed by atoms with van der Waals surface area (Å²) >= 11 is 0. The fourth-order valence-corrected chi connectivity index (χ4v) is 72.8. The lowest BCUT2D eigenvalue weighted by atomic mass is 9.92. The molecule has 508 valence electrons. The summed E-state index contributed by atoms with van der Waals surface area (Å²) in [6.07, 6.45) is 2.50. The largest absolute Gasteiger partial charge is 0.520 e. The monoisotopic (exact) mass is 1500 g/mol. The molecule has 0 amide bonds. The predicted octanol–water partition coefficient (Wildman–Crippen LogP) is 11.3. The standard InChI is InChI=1S/C70H96O14Si12/c1-17-59-68(3,4)87(11,12)72-85(60-43-27-19-28-44-60)73-91(62-47-31-21-32-48-62)79-93(64-51-35-23-36-52-64)75-88(13,14)69(5,6)70(7,18-2)89(15,16)76-94(65-53-37-24-38-54-65)83-95(66-55-39-25-40-56-66,78-90(71,77-93)61-45-29-20-30-46-61)81-92(74-86(8,9)10,63-49-33-22-34-50-63)82-96(80-91,84-94)67-57-41-26-42-58-67/h19-58,71,85H,17-18,59H2,1-16H3. The Balaban J connectivity index is 1.45. The third-order valence-corrected chi connectivity index (χ3v) is 72.0. The van der Waals surface area contributed by atoms with Gasteiger partial charge in [-0.1, -0.05) is 304 Å². The first-order chi connectivity index (χ1) is 45.3. The summed E-state index contributed by atoms with van der Waals surface area (Å²) < 4.78 is 112. The highest BCUT2D eigenvalue weighted by atomic mass is 28.6. The molecule has 5 fully saturated rings. The zero-order valence-electron chi connectivity index (χ0n) is 58.5. The van der Waals surface area contributed by atoms with Gasteiger partial charge in [0.2, 0.25) is 0 Å². The molecule has 0 radical (unpaired) electrons. The van der Waals surface area contributed by atoms with Gasteiger partial charge in [0.1, 0.15) is 0 Å². The number of rotatable bonds is 18. The summed E-state index contributed by atoms with van der Waals surface area (Å²) in [5.41, 5.74) is 0. The first-order valence-corrected chi connectivity index (χ1v) is 59.3. The van der Waals surface area contributed by atoms with E-state index in [0.717, 1.165) is 18.0 Å². The van der Waals surface area contributed by atoms with E-state index in [1.807, 2.05) is 231 Å². The second kappa shape index (κ2) is 27.6. The van der Waals surface area contributed by atoms with Gasteiger partial charge < -0.3 is 58.3 Å². The minimum Gasteiger partial charge on any atom is -0.435 e. The van der Waals surface area contributed by atoms with Gasteiger partial charge in [-0.15, -0.1) is 0 Å². The Kier molecular flexibility index (Phi) is 21.0. The number of benzene rings is 8. The highest BCUT2D eigenvalue weighted by Crippen LogP contribution is 2.66. The van der Waals surface area contributed by atoms with Gasteiger partial charge in [0, 0.05) is 36.3 Å². The van der Waals surface area contributed by atoms with E-state index in [1.165, 1.54) is 0 Å². The molecule has 0 spiro atoms. The van der Waals surface area contributed by atoms with Gasteiger partial charge in [0.25, 0.3) is 0 Å². The molecule has 5 saturated heterocycles. The summed E-state index contributed by atoms with van der Waals surface area (Å²) in [7, 11) is -53.5. The molecular formula is C70H96O14Si12. The minimum absolute atomic E-state index is 0.257. The predicted molar refractivity (Wildman–Crippen MR) is 410 cm³/mol. The van der Waals surface area contributed by atoms with E-state index in [4.69, 9.17) is 53.5 Å². The lowest BCUT2D eigenvalue weighted by Crippen LogP contribution is -2.88. The topological polar surface area (TPSA) is 140 Å². The molecule has 5 aliphatic heterocycles. The van der Waals surface area contributed by atoms with Gasteiger partial charge in [-0.25, -0.2) is 0 Å². The molecular weight excluding hydrogens is 1400 g/mol. The third kappa shape index (κ3) is 14.0. The van der Waals surface area contributed by atoms with Crippen molar-refractivity contribution in [1.82, 2.24) is 0 Å². The van der Waals surface area contributed by atoms with Crippen LogP contribution < -0.4 is 41.5 Å². The van der Waals surface area contributed by atoms with E-state index < -0.39 is 114 Å². The van der Waals surface area contributed by atoms with Gasteiger partial charge in [-0.05, 0) is 85.6 Å². The Bertz CT molecular complexity index is 3890. The first-order valence-electron chi connectivity index (χ1n) is 33.5. The van der Waals surface area contributed by atoms with Gasteiger partial charge >= 0.3 is 70.9 Å². The van der Waals surface area contributed by atoms with Crippen LogP contribution in [0.3, 0.4) is 0 Å². The van der Waals surface area contributed by atoms with E-state index in [0.29, 0.717) is 42.7 Å². The highest BCUT2D eigenvalue weighted by Gasteiger charge is 2.79. The molecule has 1 N–H and O–H groups in total. The lowest BCUT2D eigenvalue weighted by Gasteiger charge is -2.59. The maximum absolute atomic E-state index is 15.5. The van der Waals surface area contributed by atoms with Crippen LogP contribution >= 0.6 is 0 Å². The van der Waals surface area contributed by atoms with Crippen molar-refractivity contribution in [3.8, 4) is 0 Å². The highest BCUT2D eigenvalue weighted by molar-refractivity contribution is 7.09. The van der Waals surface area contributed by atoms with Crippen molar-refractivity contribution in [2.45, 2.75) is 142 Å². The van der Waals surface area contributed by atoms with E-state index in [-0.39, 0.29) is 5.04 Å². The molecule has 14 nitrogen and oxygen atoms in total. The molecule has 0 aromatic heterocycles. The average Bonchev–Trinajstić information content (AvgIpc) is 1.14. The Morgan fingerprint density at radius 3 is 1.09 bits per heavy atom. The third-order valence-electron chi connectivity index (χ3n) is 20.4. The van der Waals surface area contributed by atoms with Gasteiger partial charge in [-0.2, -0.15) is 0 Å². The van der Waals surface area contributed by atoms with Crippen LogP contribution in [0.4, 0.5) is 0 Å². The summed E-state index contributed by atoms with van der Waals surface area (Å²) in [6.45, 7) is 36.0. The molecule has 96 heavy (non-hydrogen) atoms. The van der Waals surface area contributed by atoms with Gasteiger partial charge in [0.15, 0.2) is 33.3 Å². The van der Waals surface area contributed by atoms with Gasteiger partial charge in [-0.3, -0.25) is 0 Å². The second-order valence-electron chi connectivity index (χ2n) is 29.2. The average molecular weight is 1500 g/mol. The van der Waals surface area contributed by atoms with Crippen molar-refractivity contribution in [2.75, 3.05) is 0 Å². The van der Waals surface area contributed by atoms with Crippen molar-refractivity contribution < 1.29 is 58.3 Å². The van der Waals surface area contributed by atoms with Crippen molar-refractivity contribution in [1.29, 1.82) is 0 Å². The van der Waals surface area contributed by atoms with E-state index >= 15 is 4.80 Å². The summed E-state index contributed by atoms with van der Waals surface area (Å²) in [6, 6.07) is 78.4. The summed E-state index contributed by atoms with van der Waals surface area (Å²) in [4.78, 5) is 15.5. The number of hydrogen-bond donors (Lipinski definition) is 1. The smallest absolute Gasteiger partial charge is 0.435 e. The molecule has 9 atom stereocenters. The maximum atomic E-state index is 15.5.